The predicted molar refractivity (Wildman–Crippen MR) is 91.0 cm³/mol. The number of anilines is 1. The molecule has 1 fully saturated rings. The van der Waals surface area contributed by atoms with Crippen LogP contribution in [-0.2, 0) is 7.05 Å². The van der Waals surface area contributed by atoms with E-state index in [1.807, 2.05) is 25.4 Å². The SMILES string of the molecule is Cn1ncc2c(N3CCCC(COc4ccncc4)C3)ncnc21. The third kappa shape index (κ3) is 2.89. The minimum Gasteiger partial charge on any atom is -0.493 e. The number of aryl methyl sites for hydroxylation is 1. The summed E-state index contributed by atoms with van der Waals surface area (Å²) in [6, 6.07) is 3.79. The van der Waals surface area contributed by atoms with Crippen LogP contribution in [0.5, 0.6) is 5.75 Å². The van der Waals surface area contributed by atoms with E-state index in [-0.39, 0.29) is 0 Å². The van der Waals surface area contributed by atoms with Gasteiger partial charge in [0, 0.05) is 38.4 Å². The van der Waals surface area contributed by atoms with Gasteiger partial charge in [-0.25, -0.2) is 9.97 Å². The number of fused-ring (bicyclic) bond motifs is 1. The molecule has 1 saturated heterocycles. The third-order valence-electron chi connectivity index (χ3n) is 4.46. The van der Waals surface area contributed by atoms with Gasteiger partial charge in [0.15, 0.2) is 5.65 Å². The molecule has 0 N–H and O–H groups in total. The van der Waals surface area contributed by atoms with Crippen LogP contribution in [0.1, 0.15) is 12.8 Å². The molecule has 4 rings (SSSR count). The van der Waals surface area contributed by atoms with E-state index in [9.17, 15) is 0 Å². The van der Waals surface area contributed by atoms with Crippen molar-refractivity contribution in [1.29, 1.82) is 0 Å². The Hall–Kier alpha value is -2.70. The summed E-state index contributed by atoms with van der Waals surface area (Å²) in [6.07, 6.45) is 9.28. The lowest BCUT2D eigenvalue weighted by molar-refractivity contribution is 0.228. The maximum Gasteiger partial charge on any atom is 0.163 e. The molecule has 7 nitrogen and oxygen atoms in total. The Balaban J connectivity index is 1.48. The number of hydrogen-bond acceptors (Lipinski definition) is 6. The van der Waals surface area contributed by atoms with Crippen LogP contribution >= 0.6 is 0 Å². The van der Waals surface area contributed by atoms with Crippen molar-refractivity contribution in [1.82, 2.24) is 24.7 Å². The second-order valence-electron chi connectivity index (χ2n) is 6.15. The lowest BCUT2D eigenvalue weighted by Gasteiger charge is -2.33. The van der Waals surface area contributed by atoms with E-state index < -0.39 is 0 Å². The Morgan fingerprint density at radius 3 is 3.00 bits per heavy atom. The van der Waals surface area contributed by atoms with Gasteiger partial charge >= 0.3 is 0 Å². The van der Waals surface area contributed by atoms with Crippen molar-refractivity contribution in [3.05, 3.63) is 37.1 Å². The smallest absolute Gasteiger partial charge is 0.163 e. The van der Waals surface area contributed by atoms with Crippen LogP contribution in [0, 0.1) is 5.92 Å². The quantitative estimate of drug-likeness (QED) is 0.731. The van der Waals surface area contributed by atoms with Gasteiger partial charge in [-0.05, 0) is 25.0 Å². The van der Waals surface area contributed by atoms with Crippen molar-refractivity contribution in [2.75, 3.05) is 24.6 Å². The fourth-order valence-corrected chi connectivity index (χ4v) is 3.24. The molecule has 0 amide bonds. The van der Waals surface area contributed by atoms with Gasteiger partial charge in [0.05, 0.1) is 18.2 Å². The van der Waals surface area contributed by atoms with E-state index in [0.29, 0.717) is 12.5 Å². The Morgan fingerprint density at radius 2 is 2.12 bits per heavy atom. The van der Waals surface area contributed by atoms with Gasteiger partial charge in [0.1, 0.15) is 17.9 Å². The summed E-state index contributed by atoms with van der Waals surface area (Å²) in [7, 11) is 1.90. The van der Waals surface area contributed by atoms with E-state index in [4.69, 9.17) is 4.74 Å². The summed E-state index contributed by atoms with van der Waals surface area (Å²) in [5, 5.41) is 5.31. The minimum atomic E-state index is 0.480. The van der Waals surface area contributed by atoms with E-state index in [1.165, 1.54) is 6.42 Å². The molecule has 0 aromatic carbocycles. The number of rotatable bonds is 4. The second-order valence-corrected chi connectivity index (χ2v) is 6.15. The van der Waals surface area contributed by atoms with Gasteiger partial charge in [-0.2, -0.15) is 5.10 Å². The molecule has 1 aliphatic rings. The van der Waals surface area contributed by atoms with Gasteiger partial charge in [0.25, 0.3) is 0 Å². The molecule has 4 heterocycles. The molecule has 1 atom stereocenters. The Kier molecular flexibility index (Phi) is 3.98. The van der Waals surface area contributed by atoms with Crippen LogP contribution < -0.4 is 9.64 Å². The fourth-order valence-electron chi connectivity index (χ4n) is 3.24. The molecule has 3 aromatic heterocycles. The molecule has 24 heavy (non-hydrogen) atoms. The first-order chi connectivity index (χ1) is 11.8. The summed E-state index contributed by atoms with van der Waals surface area (Å²) >= 11 is 0. The molecule has 0 radical (unpaired) electrons. The minimum absolute atomic E-state index is 0.480. The fraction of sp³-hybridized carbons (Fsp3) is 0.412. The Morgan fingerprint density at radius 1 is 1.25 bits per heavy atom. The average molecular weight is 324 g/mol. The van der Waals surface area contributed by atoms with E-state index in [1.54, 1.807) is 23.4 Å². The zero-order valence-electron chi connectivity index (χ0n) is 13.7. The molecule has 7 heteroatoms. The molecular weight excluding hydrogens is 304 g/mol. The van der Waals surface area contributed by atoms with E-state index in [2.05, 4.69) is 25.0 Å². The maximum atomic E-state index is 5.91. The molecule has 124 valence electrons. The summed E-state index contributed by atoms with van der Waals surface area (Å²) in [4.78, 5) is 15.2. The zero-order chi connectivity index (χ0) is 16.4. The molecular formula is C17H20N6O. The molecule has 0 spiro atoms. The summed E-state index contributed by atoms with van der Waals surface area (Å²) in [5.41, 5.74) is 0.871. The van der Waals surface area contributed by atoms with Gasteiger partial charge in [-0.15, -0.1) is 0 Å². The number of pyridine rings is 1. The normalized spacial score (nSPS) is 18.0. The monoisotopic (exact) mass is 324 g/mol. The summed E-state index contributed by atoms with van der Waals surface area (Å²) in [6.45, 7) is 2.65. The topological polar surface area (TPSA) is 69.0 Å². The highest BCUT2D eigenvalue weighted by Crippen LogP contribution is 2.27. The van der Waals surface area contributed by atoms with Crippen molar-refractivity contribution < 1.29 is 4.74 Å². The summed E-state index contributed by atoms with van der Waals surface area (Å²) in [5.74, 6) is 2.33. The highest BCUT2D eigenvalue weighted by molar-refractivity contribution is 5.86. The number of piperidine rings is 1. The Labute approximate surface area is 140 Å². The standard InChI is InChI=1S/C17H20N6O/c1-22-16-15(9-21-22)17(20-12-19-16)23-8-2-3-13(10-23)11-24-14-4-6-18-7-5-14/h4-7,9,12-13H,2-3,8,10-11H2,1H3. The van der Waals surface area contributed by atoms with Crippen LogP contribution in [0.4, 0.5) is 5.82 Å². The van der Waals surface area contributed by atoms with Gasteiger partial charge in [0.2, 0.25) is 0 Å². The molecule has 0 bridgehead atoms. The predicted octanol–water partition coefficient (Wildman–Crippen LogP) is 2.05. The second kappa shape index (κ2) is 6.43. The molecule has 0 aliphatic carbocycles. The van der Waals surface area contributed by atoms with Crippen molar-refractivity contribution in [2.24, 2.45) is 13.0 Å². The number of nitrogens with zero attached hydrogens (tertiary/aromatic N) is 6. The van der Waals surface area contributed by atoms with E-state index in [0.717, 1.165) is 42.1 Å². The first-order valence-corrected chi connectivity index (χ1v) is 8.22. The molecule has 1 unspecified atom stereocenters. The number of aromatic nitrogens is 5. The van der Waals surface area contributed by atoms with Crippen molar-refractivity contribution in [2.45, 2.75) is 12.8 Å². The third-order valence-corrected chi connectivity index (χ3v) is 4.46. The number of ether oxygens (including phenoxy) is 1. The first kappa shape index (κ1) is 14.9. The van der Waals surface area contributed by atoms with Gasteiger partial charge in [-0.3, -0.25) is 9.67 Å². The van der Waals surface area contributed by atoms with Crippen LogP contribution in [0.25, 0.3) is 11.0 Å². The highest BCUT2D eigenvalue weighted by Gasteiger charge is 2.23. The van der Waals surface area contributed by atoms with Crippen molar-refractivity contribution in [3.63, 3.8) is 0 Å². The van der Waals surface area contributed by atoms with Crippen LogP contribution in [0.3, 0.4) is 0 Å². The first-order valence-electron chi connectivity index (χ1n) is 8.22. The highest BCUT2D eigenvalue weighted by atomic mass is 16.5. The largest absolute Gasteiger partial charge is 0.493 e. The lowest BCUT2D eigenvalue weighted by atomic mass is 9.99. The molecule has 1 aliphatic heterocycles. The zero-order valence-corrected chi connectivity index (χ0v) is 13.7. The Bertz CT molecular complexity index is 818. The van der Waals surface area contributed by atoms with Crippen LogP contribution in [0.2, 0.25) is 0 Å². The van der Waals surface area contributed by atoms with E-state index >= 15 is 0 Å². The average Bonchev–Trinajstić information content (AvgIpc) is 3.02. The molecule has 3 aromatic rings. The van der Waals surface area contributed by atoms with Gasteiger partial charge < -0.3 is 9.64 Å². The summed E-state index contributed by atoms with van der Waals surface area (Å²) < 4.78 is 7.69. The lowest BCUT2D eigenvalue weighted by Crippen LogP contribution is -2.38. The van der Waals surface area contributed by atoms with Crippen LogP contribution in [0.15, 0.2) is 37.1 Å². The number of hydrogen-bond donors (Lipinski definition) is 0. The maximum absolute atomic E-state index is 5.91. The van der Waals surface area contributed by atoms with Crippen molar-refractivity contribution >= 4 is 16.9 Å². The van der Waals surface area contributed by atoms with Crippen LogP contribution in [-0.4, -0.2) is 44.4 Å². The van der Waals surface area contributed by atoms with Crippen molar-refractivity contribution in [3.8, 4) is 5.75 Å². The van der Waals surface area contributed by atoms with Gasteiger partial charge in [-0.1, -0.05) is 0 Å². The molecule has 0 saturated carbocycles.